The Hall–Kier alpha value is -0.800. The first-order valence-electron chi connectivity index (χ1n) is 5.51. The number of nitro groups is 1. The van der Waals surface area contributed by atoms with Gasteiger partial charge in [0.15, 0.2) is 5.03 Å². The second-order valence-corrected chi connectivity index (χ2v) is 7.80. The maximum absolute atomic E-state index is 11.1. The molecule has 10 heteroatoms. The lowest BCUT2D eigenvalue weighted by Gasteiger charge is -2.00. The molecule has 0 saturated heterocycles. The molecule has 0 aliphatic carbocycles. The minimum atomic E-state index is -3.59. The van der Waals surface area contributed by atoms with Crippen molar-refractivity contribution in [2.75, 3.05) is 11.5 Å². The third kappa shape index (κ3) is 4.66. The largest absolute Gasteiger partial charge is 0.323 e. The van der Waals surface area contributed by atoms with Crippen molar-refractivity contribution < 1.29 is 13.3 Å². The molecule has 1 rings (SSSR count). The van der Waals surface area contributed by atoms with Crippen molar-refractivity contribution in [3.63, 3.8) is 0 Å². The molecule has 0 atom stereocenters. The zero-order chi connectivity index (χ0) is 14.6. The van der Waals surface area contributed by atoms with Gasteiger partial charge in [-0.25, -0.2) is 8.42 Å². The van der Waals surface area contributed by atoms with Crippen LogP contribution in [0.2, 0.25) is 0 Å². The van der Waals surface area contributed by atoms with E-state index in [1.165, 1.54) is 4.68 Å². The maximum atomic E-state index is 11.1. The quantitative estimate of drug-likeness (QED) is 0.329. The molecule has 0 radical (unpaired) electrons. The van der Waals surface area contributed by atoms with Crippen molar-refractivity contribution in [1.82, 2.24) is 9.78 Å². The molecule has 0 spiro atoms. The number of aromatic nitrogens is 2. The Morgan fingerprint density at radius 2 is 2.16 bits per heavy atom. The van der Waals surface area contributed by atoms with Crippen molar-refractivity contribution in [3.8, 4) is 0 Å². The Labute approximate surface area is 119 Å². The highest BCUT2D eigenvalue weighted by Crippen LogP contribution is 2.32. The highest BCUT2D eigenvalue weighted by Gasteiger charge is 2.26. The normalized spacial score (nSPS) is 11.7. The Bertz CT molecular complexity index is 570. The molecule has 0 N–H and O–H groups in total. The van der Waals surface area contributed by atoms with Gasteiger partial charge in [0.1, 0.15) is 5.69 Å². The summed E-state index contributed by atoms with van der Waals surface area (Å²) in [6.45, 7) is 1.91. The van der Waals surface area contributed by atoms with Crippen molar-refractivity contribution in [2.24, 2.45) is 7.05 Å². The summed E-state index contributed by atoms with van der Waals surface area (Å²) in [7, 11) is 3.11. The average molecular weight is 328 g/mol. The van der Waals surface area contributed by atoms with Crippen LogP contribution < -0.4 is 0 Å². The van der Waals surface area contributed by atoms with Crippen LogP contribution in [0.15, 0.2) is 5.03 Å². The second kappa shape index (κ2) is 6.58. The van der Waals surface area contributed by atoms with E-state index >= 15 is 0 Å². The summed E-state index contributed by atoms with van der Waals surface area (Å²) in [4.78, 5) is 10.6. The topological polar surface area (TPSA) is 95.1 Å². The van der Waals surface area contributed by atoms with Gasteiger partial charge < -0.3 is 0 Å². The number of aryl methyl sites for hydroxylation is 2. The van der Waals surface area contributed by atoms with E-state index < -0.39 is 14.0 Å². The lowest BCUT2D eigenvalue weighted by atomic mass is 10.2. The minimum absolute atomic E-state index is 0.0404. The fourth-order valence-electron chi connectivity index (χ4n) is 1.54. The summed E-state index contributed by atoms with van der Waals surface area (Å²) >= 11 is 1.07. The number of rotatable bonds is 7. The third-order valence-corrected chi connectivity index (χ3v) is 4.83. The van der Waals surface area contributed by atoms with E-state index in [1.807, 2.05) is 6.92 Å². The van der Waals surface area contributed by atoms with Crippen LogP contribution in [0, 0.1) is 10.1 Å². The predicted octanol–water partition coefficient (Wildman–Crippen LogP) is 1.94. The predicted molar refractivity (Wildman–Crippen MR) is 74.2 cm³/mol. The molecular weight excluding hydrogens is 314 g/mol. The molecule has 0 unspecified atom stereocenters. The minimum Gasteiger partial charge on any atom is -0.258 e. The Morgan fingerprint density at radius 1 is 1.53 bits per heavy atom. The van der Waals surface area contributed by atoms with Crippen LogP contribution >= 0.6 is 22.4 Å². The fourth-order valence-corrected chi connectivity index (χ4v) is 3.99. The summed E-state index contributed by atoms with van der Waals surface area (Å²) in [5.74, 6) is -0.0948. The van der Waals surface area contributed by atoms with Crippen molar-refractivity contribution in [2.45, 2.75) is 24.8 Å². The molecule has 108 valence electrons. The van der Waals surface area contributed by atoms with Crippen LogP contribution in [-0.2, 0) is 22.5 Å². The molecule has 0 aliphatic rings. The van der Waals surface area contributed by atoms with Crippen molar-refractivity contribution in [3.05, 3.63) is 15.8 Å². The van der Waals surface area contributed by atoms with E-state index in [4.69, 9.17) is 10.7 Å². The summed E-state index contributed by atoms with van der Waals surface area (Å²) in [6, 6.07) is 0. The van der Waals surface area contributed by atoms with Crippen LogP contribution in [0.1, 0.15) is 19.0 Å². The van der Waals surface area contributed by atoms with Gasteiger partial charge in [-0.2, -0.15) is 5.10 Å². The number of thioether (sulfide) groups is 1. The van der Waals surface area contributed by atoms with E-state index in [-0.39, 0.29) is 17.2 Å². The maximum Gasteiger partial charge on any atom is 0.323 e. The molecule has 7 nitrogen and oxygen atoms in total. The van der Waals surface area contributed by atoms with E-state index in [9.17, 15) is 18.5 Å². The first kappa shape index (κ1) is 16.3. The zero-order valence-electron chi connectivity index (χ0n) is 10.5. The zero-order valence-corrected chi connectivity index (χ0v) is 12.9. The SMILES string of the molecule is CCCc1nn(C)c(SCCS(=O)(=O)Cl)c1[N+](=O)[O-]. The third-order valence-electron chi connectivity index (χ3n) is 2.28. The average Bonchev–Trinajstić information content (AvgIpc) is 2.54. The molecule has 0 aromatic carbocycles. The fraction of sp³-hybridized carbons (Fsp3) is 0.667. The molecule has 0 bridgehead atoms. The number of hydrogen-bond acceptors (Lipinski definition) is 6. The van der Waals surface area contributed by atoms with E-state index in [0.29, 0.717) is 17.1 Å². The summed E-state index contributed by atoms with van der Waals surface area (Å²) in [5, 5.41) is 15.5. The van der Waals surface area contributed by atoms with Gasteiger partial charge in [0, 0.05) is 23.5 Å². The van der Waals surface area contributed by atoms with Gasteiger partial charge in [0.05, 0.1) is 10.7 Å². The summed E-state index contributed by atoms with van der Waals surface area (Å²) in [5.41, 5.74) is 0.382. The van der Waals surface area contributed by atoms with Gasteiger partial charge >= 0.3 is 5.69 Å². The highest BCUT2D eigenvalue weighted by atomic mass is 35.7. The monoisotopic (exact) mass is 327 g/mol. The lowest BCUT2D eigenvalue weighted by molar-refractivity contribution is -0.388. The first-order chi connectivity index (χ1) is 8.76. The molecule has 0 amide bonds. The molecule has 0 fully saturated rings. The molecule has 19 heavy (non-hydrogen) atoms. The summed E-state index contributed by atoms with van der Waals surface area (Å²) in [6.07, 6.45) is 1.26. The number of nitrogens with zero attached hydrogens (tertiary/aromatic N) is 3. The van der Waals surface area contributed by atoms with E-state index in [0.717, 1.165) is 18.2 Å². The Morgan fingerprint density at radius 3 is 2.63 bits per heavy atom. The summed E-state index contributed by atoms with van der Waals surface area (Å²) < 4.78 is 23.1. The highest BCUT2D eigenvalue weighted by molar-refractivity contribution is 8.14. The van der Waals surface area contributed by atoms with Gasteiger partial charge in [-0.1, -0.05) is 25.1 Å². The smallest absolute Gasteiger partial charge is 0.258 e. The van der Waals surface area contributed by atoms with E-state index in [2.05, 4.69) is 5.10 Å². The van der Waals surface area contributed by atoms with Crippen LogP contribution in [-0.4, -0.2) is 34.6 Å². The number of halogens is 1. The molecular formula is C9H14ClN3O4S2. The second-order valence-electron chi connectivity index (χ2n) is 3.82. The van der Waals surface area contributed by atoms with Gasteiger partial charge in [0.25, 0.3) is 0 Å². The van der Waals surface area contributed by atoms with Crippen LogP contribution in [0.25, 0.3) is 0 Å². The first-order valence-corrected chi connectivity index (χ1v) is 8.98. The van der Waals surface area contributed by atoms with E-state index in [1.54, 1.807) is 7.05 Å². The van der Waals surface area contributed by atoms with Crippen LogP contribution in [0.3, 0.4) is 0 Å². The Balaban J connectivity index is 2.96. The lowest BCUT2D eigenvalue weighted by Crippen LogP contribution is -2.02. The molecule has 1 aromatic rings. The van der Waals surface area contributed by atoms with Gasteiger partial charge in [-0.15, -0.1) is 0 Å². The van der Waals surface area contributed by atoms with Crippen LogP contribution in [0.5, 0.6) is 0 Å². The number of hydrogen-bond donors (Lipinski definition) is 0. The van der Waals surface area contributed by atoms with Crippen molar-refractivity contribution in [1.29, 1.82) is 0 Å². The standard InChI is InChI=1S/C9H14ClN3O4S2/c1-3-4-7-8(13(14)15)9(12(2)11-7)18-5-6-19(10,16)17/h3-6H2,1-2H3. The van der Waals surface area contributed by atoms with Gasteiger partial charge in [0.2, 0.25) is 9.05 Å². The molecule has 1 aromatic heterocycles. The van der Waals surface area contributed by atoms with Crippen LogP contribution in [0.4, 0.5) is 5.69 Å². The van der Waals surface area contributed by atoms with Crippen molar-refractivity contribution >= 4 is 37.2 Å². The molecule has 1 heterocycles. The van der Waals surface area contributed by atoms with Gasteiger partial charge in [-0.05, 0) is 6.42 Å². The van der Waals surface area contributed by atoms with Gasteiger partial charge in [-0.3, -0.25) is 14.8 Å². The molecule has 0 saturated carbocycles. The Kier molecular flexibility index (Phi) is 5.63. The molecule has 0 aliphatic heterocycles.